The highest BCUT2D eigenvalue weighted by molar-refractivity contribution is 6.30. The molecule has 3 aromatic heterocycles. The molecule has 0 saturated heterocycles. The lowest BCUT2D eigenvalue weighted by atomic mass is 10.1. The summed E-state index contributed by atoms with van der Waals surface area (Å²) in [7, 11) is 0. The van der Waals surface area contributed by atoms with Crippen LogP contribution in [0.25, 0.3) is 11.0 Å². The fourth-order valence-corrected chi connectivity index (χ4v) is 4.44. The number of aryl methyl sites for hydroxylation is 3. The smallest absolute Gasteiger partial charge is 0.332 e. The van der Waals surface area contributed by atoms with Gasteiger partial charge in [0.1, 0.15) is 22.4 Å². The Kier molecular flexibility index (Phi) is 7.00. The van der Waals surface area contributed by atoms with Gasteiger partial charge in [-0.1, -0.05) is 53.2 Å². The van der Waals surface area contributed by atoms with Gasteiger partial charge in [-0.15, -0.1) is 0 Å². The molecule has 0 amide bonds. The van der Waals surface area contributed by atoms with E-state index in [4.69, 9.17) is 16.1 Å². The first-order valence-corrected chi connectivity index (χ1v) is 12.1. The maximum atomic E-state index is 13.9. The number of rotatable bonds is 9. The summed E-state index contributed by atoms with van der Waals surface area (Å²) in [5.74, 6) is -0.802. The Morgan fingerprint density at radius 1 is 0.973 bits per heavy atom. The standard InChI is InChI=1S/C26H22ClF2N5O3/c27-21-15-19-24(30-21)33(12-10-16-5-2-1-3-6-16)26(36)34(25(19)35)11-4-7-23-31-22(32-37-23)13-17-8-9-18(28)14-20(17)29/h1-3,5-6,8-9,14-15,30H,4,7,10-13H2. The molecule has 0 atom stereocenters. The van der Waals surface area contributed by atoms with Crippen molar-refractivity contribution in [2.24, 2.45) is 0 Å². The predicted octanol–water partition coefficient (Wildman–Crippen LogP) is 4.27. The van der Waals surface area contributed by atoms with Crippen LogP contribution >= 0.6 is 11.6 Å². The molecule has 0 unspecified atom stereocenters. The lowest BCUT2D eigenvalue weighted by molar-refractivity contribution is 0.367. The summed E-state index contributed by atoms with van der Waals surface area (Å²) >= 11 is 6.12. The number of aromatic nitrogens is 5. The van der Waals surface area contributed by atoms with Gasteiger partial charge in [0, 0.05) is 32.0 Å². The molecular formula is C26H22ClF2N5O3. The van der Waals surface area contributed by atoms with Crippen molar-refractivity contribution in [2.45, 2.75) is 38.8 Å². The first-order chi connectivity index (χ1) is 17.9. The van der Waals surface area contributed by atoms with Gasteiger partial charge in [-0.2, -0.15) is 4.98 Å². The zero-order valence-electron chi connectivity index (χ0n) is 19.6. The molecule has 0 aliphatic carbocycles. The third-order valence-corrected chi connectivity index (χ3v) is 6.29. The summed E-state index contributed by atoms with van der Waals surface area (Å²) in [4.78, 5) is 33.5. The van der Waals surface area contributed by atoms with Crippen molar-refractivity contribution in [1.29, 1.82) is 0 Å². The first-order valence-electron chi connectivity index (χ1n) is 11.7. The van der Waals surface area contributed by atoms with E-state index in [-0.39, 0.29) is 29.5 Å². The van der Waals surface area contributed by atoms with Crippen LogP contribution < -0.4 is 11.2 Å². The Morgan fingerprint density at radius 3 is 2.57 bits per heavy atom. The van der Waals surface area contributed by atoms with Crippen molar-refractivity contribution in [3.8, 4) is 0 Å². The lowest BCUT2D eigenvalue weighted by Gasteiger charge is -2.12. The average molecular weight is 526 g/mol. The second-order valence-corrected chi connectivity index (χ2v) is 9.03. The van der Waals surface area contributed by atoms with E-state index < -0.39 is 22.9 Å². The molecule has 5 rings (SSSR count). The van der Waals surface area contributed by atoms with Gasteiger partial charge in [-0.05, 0) is 36.1 Å². The number of aromatic amines is 1. The van der Waals surface area contributed by atoms with Crippen LogP contribution in [0.2, 0.25) is 5.15 Å². The molecule has 37 heavy (non-hydrogen) atoms. The van der Waals surface area contributed by atoms with Crippen LogP contribution in [0.3, 0.4) is 0 Å². The maximum absolute atomic E-state index is 13.9. The minimum absolute atomic E-state index is 0.0477. The second-order valence-electron chi connectivity index (χ2n) is 8.63. The predicted molar refractivity (Wildman–Crippen MR) is 134 cm³/mol. The number of halogens is 3. The van der Waals surface area contributed by atoms with E-state index in [0.717, 1.165) is 17.7 Å². The van der Waals surface area contributed by atoms with Crippen LogP contribution in [0.1, 0.15) is 29.3 Å². The SMILES string of the molecule is O=c1c2cc(Cl)[nH]c2n(CCc2ccccc2)c(=O)n1CCCc1nc(Cc2ccc(F)cc2F)no1. The summed E-state index contributed by atoms with van der Waals surface area (Å²) in [6.45, 7) is 0.496. The minimum atomic E-state index is -0.686. The van der Waals surface area contributed by atoms with E-state index in [1.807, 2.05) is 30.3 Å². The molecule has 3 heterocycles. The molecule has 0 radical (unpaired) electrons. The third kappa shape index (κ3) is 5.39. The fourth-order valence-electron chi connectivity index (χ4n) is 4.24. The second kappa shape index (κ2) is 10.5. The topological polar surface area (TPSA) is 98.7 Å². The molecule has 5 aromatic rings. The number of hydrogen-bond acceptors (Lipinski definition) is 5. The minimum Gasteiger partial charge on any atom is -0.339 e. The van der Waals surface area contributed by atoms with E-state index in [9.17, 15) is 18.4 Å². The van der Waals surface area contributed by atoms with Gasteiger partial charge in [0.25, 0.3) is 5.56 Å². The molecule has 0 bridgehead atoms. The van der Waals surface area contributed by atoms with Gasteiger partial charge in [0.15, 0.2) is 5.82 Å². The lowest BCUT2D eigenvalue weighted by Crippen LogP contribution is -2.40. The number of nitrogens with zero attached hydrogens (tertiary/aromatic N) is 4. The molecule has 190 valence electrons. The average Bonchev–Trinajstić information content (AvgIpc) is 3.50. The number of H-pyrrole nitrogens is 1. The van der Waals surface area contributed by atoms with Crippen LogP contribution in [0, 0.1) is 11.6 Å². The third-order valence-electron chi connectivity index (χ3n) is 6.08. The van der Waals surface area contributed by atoms with E-state index in [1.165, 1.54) is 21.3 Å². The highest BCUT2D eigenvalue weighted by Gasteiger charge is 2.16. The zero-order valence-corrected chi connectivity index (χ0v) is 20.3. The van der Waals surface area contributed by atoms with Gasteiger partial charge < -0.3 is 9.51 Å². The Balaban J connectivity index is 1.31. The summed E-state index contributed by atoms with van der Waals surface area (Å²) < 4.78 is 35.0. The number of nitrogens with one attached hydrogen (secondary N) is 1. The van der Waals surface area contributed by atoms with Crippen molar-refractivity contribution in [2.75, 3.05) is 0 Å². The molecule has 0 aliphatic rings. The molecule has 0 spiro atoms. The van der Waals surface area contributed by atoms with Crippen LogP contribution in [-0.4, -0.2) is 24.3 Å². The van der Waals surface area contributed by atoms with Crippen LogP contribution in [0.15, 0.2) is 68.7 Å². The van der Waals surface area contributed by atoms with Gasteiger partial charge in [-0.25, -0.2) is 13.6 Å². The van der Waals surface area contributed by atoms with Gasteiger partial charge in [0.2, 0.25) is 5.89 Å². The highest BCUT2D eigenvalue weighted by atomic mass is 35.5. The maximum Gasteiger partial charge on any atom is 0.332 e. The number of fused-ring (bicyclic) bond motifs is 1. The highest BCUT2D eigenvalue weighted by Crippen LogP contribution is 2.16. The van der Waals surface area contributed by atoms with Crippen LogP contribution in [0.5, 0.6) is 0 Å². The molecule has 0 fully saturated rings. The largest absolute Gasteiger partial charge is 0.339 e. The Morgan fingerprint density at radius 2 is 1.78 bits per heavy atom. The molecule has 1 N–H and O–H groups in total. The Bertz CT molecular complexity index is 1670. The number of benzene rings is 2. The normalized spacial score (nSPS) is 11.4. The number of hydrogen-bond donors (Lipinski definition) is 1. The van der Waals surface area contributed by atoms with E-state index in [0.29, 0.717) is 42.7 Å². The molecule has 0 aliphatic heterocycles. The summed E-state index contributed by atoms with van der Waals surface area (Å²) in [5.41, 5.74) is 0.823. The van der Waals surface area contributed by atoms with Gasteiger partial charge in [-0.3, -0.25) is 13.9 Å². The van der Waals surface area contributed by atoms with Crippen molar-refractivity contribution in [3.63, 3.8) is 0 Å². The van der Waals surface area contributed by atoms with Crippen molar-refractivity contribution >= 4 is 22.6 Å². The van der Waals surface area contributed by atoms with Gasteiger partial charge >= 0.3 is 5.69 Å². The quantitative estimate of drug-likeness (QED) is 0.310. The van der Waals surface area contributed by atoms with E-state index >= 15 is 0 Å². The molecule has 0 saturated carbocycles. The van der Waals surface area contributed by atoms with Crippen LogP contribution in [-0.2, 0) is 32.4 Å². The monoisotopic (exact) mass is 525 g/mol. The van der Waals surface area contributed by atoms with Crippen molar-refractivity contribution in [1.82, 2.24) is 24.3 Å². The van der Waals surface area contributed by atoms with Crippen LogP contribution in [0.4, 0.5) is 8.78 Å². The Labute approximate surface area is 214 Å². The summed E-state index contributed by atoms with van der Waals surface area (Å²) in [6.07, 6.45) is 1.33. The summed E-state index contributed by atoms with van der Waals surface area (Å²) in [5, 5.41) is 4.45. The molecular weight excluding hydrogens is 504 g/mol. The van der Waals surface area contributed by atoms with E-state index in [1.54, 1.807) is 0 Å². The Hall–Kier alpha value is -4.05. The zero-order chi connectivity index (χ0) is 25.9. The van der Waals surface area contributed by atoms with Gasteiger partial charge in [0.05, 0.1) is 5.39 Å². The van der Waals surface area contributed by atoms with Crippen molar-refractivity contribution < 1.29 is 13.3 Å². The molecule has 2 aromatic carbocycles. The molecule has 8 nitrogen and oxygen atoms in total. The van der Waals surface area contributed by atoms with Crippen molar-refractivity contribution in [3.05, 3.63) is 115 Å². The summed E-state index contributed by atoms with van der Waals surface area (Å²) in [6, 6.07) is 14.6. The van der Waals surface area contributed by atoms with E-state index in [2.05, 4.69) is 15.1 Å². The molecule has 11 heteroatoms. The first kappa shape index (κ1) is 24.6. The fraction of sp³-hybridized carbons (Fsp3) is 0.231.